The number of alkyl halides is 1. The van der Waals surface area contributed by atoms with E-state index in [-0.39, 0.29) is 23.7 Å². The Morgan fingerprint density at radius 1 is 1.42 bits per heavy atom. The first-order valence-corrected chi connectivity index (χ1v) is 7.32. The van der Waals surface area contributed by atoms with Crippen molar-refractivity contribution in [3.05, 3.63) is 0 Å². The van der Waals surface area contributed by atoms with Gasteiger partial charge in [0.2, 0.25) is 5.91 Å². The van der Waals surface area contributed by atoms with Crippen LogP contribution in [0.1, 0.15) is 32.6 Å². The SMILES string of the molecule is CCN1CCC2CN(C(=O)C3(F)CCC3)CC2C1=O. The lowest BCUT2D eigenvalue weighted by Crippen LogP contribution is -2.49. The molecule has 0 bridgehead atoms. The summed E-state index contributed by atoms with van der Waals surface area (Å²) >= 11 is 0. The Bertz CT molecular complexity index is 408. The number of piperidine rings is 1. The Morgan fingerprint density at radius 3 is 2.74 bits per heavy atom. The third-order valence-corrected chi connectivity index (χ3v) is 5.04. The number of amides is 2. The van der Waals surface area contributed by atoms with Gasteiger partial charge in [-0.25, -0.2) is 4.39 Å². The van der Waals surface area contributed by atoms with Gasteiger partial charge in [0, 0.05) is 26.2 Å². The summed E-state index contributed by atoms with van der Waals surface area (Å²) in [5.74, 6) is -0.0798. The van der Waals surface area contributed by atoms with Gasteiger partial charge in [-0.3, -0.25) is 9.59 Å². The van der Waals surface area contributed by atoms with Crippen molar-refractivity contribution in [1.82, 2.24) is 9.80 Å². The van der Waals surface area contributed by atoms with E-state index in [1.807, 2.05) is 11.8 Å². The second-order valence-electron chi connectivity index (χ2n) is 6.10. The zero-order valence-corrected chi connectivity index (χ0v) is 11.4. The monoisotopic (exact) mass is 268 g/mol. The van der Waals surface area contributed by atoms with E-state index < -0.39 is 5.67 Å². The first-order chi connectivity index (χ1) is 9.05. The van der Waals surface area contributed by atoms with Gasteiger partial charge in [0.1, 0.15) is 0 Å². The predicted molar refractivity (Wildman–Crippen MR) is 68.1 cm³/mol. The minimum Gasteiger partial charge on any atom is -0.343 e. The van der Waals surface area contributed by atoms with Crippen LogP contribution in [0.15, 0.2) is 0 Å². The molecule has 0 aromatic rings. The molecule has 3 fully saturated rings. The molecule has 2 atom stereocenters. The molecule has 2 amide bonds. The fraction of sp³-hybridized carbons (Fsp3) is 0.857. The smallest absolute Gasteiger partial charge is 0.260 e. The first-order valence-electron chi connectivity index (χ1n) is 7.32. The van der Waals surface area contributed by atoms with E-state index in [1.54, 1.807) is 4.90 Å². The number of carbonyl (C=O) groups excluding carboxylic acids is 2. The van der Waals surface area contributed by atoms with Crippen LogP contribution in [0.2, 0.25) is 0 Å². The Labute approximate surface area is 112 Å². The maximum atomic E-state index is 14.2. The molecule has 5 heteroatoms. The van der Waals surface area contributed by atoms with Crippen molar-refractivity contribution >= 4 is 11.8 Å². The topological polar surface area (TPSA) is 40.6 Å². The number of fused-ring (bicyclic) bond motifs is 1. The second kappa shape index (κ2) is 4.46. The molecular formula is C14H21FN2O2. The van der Waals surface area contributed by atoms with Gasteiger partial charge in [-0.05, 0) is 38.5 Å². The van der Waals surface area contributed by atoms with Crippen LogP contribution >= 0.6 is 0 Å². The normalized spacial score (nSPS) is 33.1. The lowest BCUT2D eigenvalue weighted by molar-refractivity contribution is -0.149. The molecule has 2 unspecified atom stereocenters. The molecule has 0 spiro atoms. The number of nitrogens with zero attached hydrogens (tertiary/aromatic N) is 2. The predicted octanol–water partition coefficient (Wildman–Crippen LogP) is 1.21. The molecule has 106 valence electrons. The molecule has 1 aliphatic carbocycles. The Balaban J connectivity index is 1.69. The zero-order valence-electron chi connectivity index (χ0n) is 11.4. The van der Waals surface area contributed by atoms with Gasteiger partial charge in [0.05, 0.1) is 5.92 Å². The van der Waals surface area contributed by atoms with Crippen molar-refractivity contribution in [3.8, 4) is 0 Å². The van der Waals surface area contributed by atoms with E-state index in [1.165, 1.54) is 0 Å². The molecular weight excluding hydrogens is 247 g/mol. The van der Waals surface area contributed by atoms with Crippen molar-refractivity contribution in [1.29, 1.82) is 0 Å². The van der Waals surface area contributed by atoms with Crippen LogP contribution in [0.4, 0.5) is 4.39 Å². The lowest BCUT2D eigenvalue weighted by atomic mass is 9.81. The van der Waals surface area contributed by atoms with Crippen LogP contribution < -0.4 is 0 Å². The molecule has 0 aromatic heterocycles. The van der Waals surface area contributed by atoms with Crippen molar-refractivity contribution in [2.75, 3.05) is 26.2 Å². The lowest BCUT2D eigenvalue weighted by Gasteiger charge is -2.35. The molecule has 19 heavy (non-hydrogen) atoms. The first kappa shape index (κ1) is 12.9. The summed E-state index contributed by atoms with van der Waals surface area (Å²) in [4.78, 5) is 27.9. The van der Waals surface area contributed by atoms with Gasteiger partial charge < -0.3 is 9.80 Å². The van der Waals surface area contributed by atoms with Crippen LogP contribution in [0.3, 0.4) is 0 Å². The van der Waals surface area contributed by atoms with Gasteiger partial charge in [-0.15, -0.1) is 0 Å². The molecule has 2 saturated heterocycles. The van der Waals surface area contributed by atoms with Gasteiger partial charge in [0.15, 0.2) is 5.67 Å². The highest BCUT2D eigenvalue weighted by Gasteiger charge is 2.51. The van der Waals surface area contributed by atoms with E-state index in [0.717, 1.165) is 25.9 Å². The van der Waals surface area contributed by atoms with Gasteiger partial charge in [-0.2, -0.15) is 0 Å². The molecule has 0 radical (unpaired) electrons. The summed E-state index contributed by atoms with van der Waals surface area (Å²) in [6, 6.07) is 0. The summed E-state index contributed by atoms with van der Waals surface area (Å²) in [6.45, 7) is 4.46. The molecule has 3 aliphatic rings. The summed E-state index contributed by atoms with van der Waals surface area (Å²) in [5.41, 5.74) is -1.62. The quantitative estimate of drug-likeness (QED) is 0.755. The third-order valence-electron chi connectivity index (χ3n) is 5.04. The van der Waals surface area contributed by atoms with Crippen LogP contribution in [-0.4, -0.2) is 53.5 Å². The highest BCUT2D eigenvalue weighted by atomic mass is 19.1. The van der Waals surface area contributed by atoms with Crippen LogP contribution in [0, 0.1) is 11.8 Å². The number of hydrogen-bond acceptors (Lipinski definition) is 2. The van der Waals surface area contributed by atoms with E-state index >= 15 is 0 Å². The Morgan fingerprint density at radius 2 is 2.16 bits per heavy atom. The van der Waals surface area contributed by atoms with Crippen LogP contribution in [-0.2, 0) is 9.59 Å². The minimum absolute atomic E-state index is 0.0960. The number of halogens is 1. The van der Waals surface area contributed by atoms with Gasteiger partial charge in [0.25, 0.3) is 5.91 Å². The standard InChI is InChI=1S/C14H21FN2O2/c1-2-16-7-4-10-8-17(9-11(10)12(16)18)13(19)14(15)5-3-6-14/h10-11H,2-9H2,1H3. The Kier molecular flexibility index (Phi) is 3.02. The third kappa shape index (κ3) is 1.94. The average Bonchev–Trinajstić information content (AvgIpc) is 2.80. The summed E-state index contributed by atoms with van der Waals surface area (Å²) in [5, 5.41) is 0. The number of rotatable bonds is 2. The maximum Gasteiger partial charge on any atom is 0.260 e. The molecule has 0 N–H and O–H groups in total. The number of likely N-dealkylation sites (tertiary alicyclic amines) is 2. The molecule has 1 saturated carbocycles. The van der Waals surface area contributed by atoms with Crippen molar-refractivity contribution in [2.45, 2.75) is 38.3 Å². The number of hydrogen-bond donors (Lipinski definition) is 0. The fourth-order valence-electron chi connectivity index (χ4n) is 3.57. The minimum atomic E-state index is -1.62. The zero-order chi connectivity index (χ0) is 13.6. The summed E-state index contributed by atoms with van der Waals surface area (Å²) < 4.78 is 14.2. The molecule has 3 rings (SSSR count). The average molecular weight is 268 g/mol. The molecule has 0 aromatic carbocycles. The number of carbonyl (C=O) groups is 2. The fourth-order valence-corrected chi connectivity index (χ4v) is 3.57. The highest BCUT2D eigenvalue weighted by molar-refractivity contribution is 5.88. The summed E-state index contributed by atoms with van der Waals surface area (Å²) in [6.07, 6.45) is 2.44. The highest BCUT2D eigenvalue weighted by Crippen LogP contribution is 2.40. The van der Waals surface area contributed by atoms with E-state index in [0.29, 0.717) is 25.9 Å². The van der Waals surface area contributed by atoms with Crippen LogP contribution in [0.5, 0.6) is 0 Å². The largest absolute Gasteiger partial charge is 0.343 e. The van der Waals surface area contributed by atoms with Crippen molar-refractivity contribution < 1.29 is 14.0 Å². The Hall–Kier alpha value is -1.13. The molecule has 2 aliphatic heterocycles. The van der Waals surface area contributed by atoms with E-state index in [9.17, 15) is 14.0 Å². The van der Waals surface area contributed by atoms with Crippen molar-refractivity contribution in [2.24, 2.45) is 11.8 Å². The van der Waals surface area contributed by atoms with Gasteiger partial charge >= 0.3 is 0 Å². The van der Waals surface area contributed by atoms with Crippen LogP contribution in [0.25, 0.3) is 0 Å². The maximum absolute atomic E-state index is 14.2. The second-order valence-corrected chi connectivity index (χ2v) is 6.10. The van der Waals surface area contributed by atoms with Gasteiger partial charge in [-0.1, -0.05) is 0 Å². The molecule has 4 nitrogen and oxygen atoms in total. The summed E-state index contributed by atoms with van der Waals surface area (Å²) in [7, 11) is 0. The van der Waals surface area contributed by atoms with Crippen molar-refractivity contribution in [3.63, 3.8) is 0 Å². The van der Waals surface area contributed by atoms with E-state index in [2.05, 4.69) is 0 Å². The van der Waals surface area contributed by atoms with E-state index in [4.69, 9.17) is 0 Å². The molecule has 2 heterocycles.